The van der Waals surface area contributed by atoms with E-state index in [0.29, 0.717) is 11.4 Å². The molecule has 7 nitrogen and oxygen atoms in total. The van der Waals surface area contributed by atoms with E-state index in [1.807, 2.05) is 61.5 Å². The second kappa shape index (κ2) is 13.4. The number of likely N-dealkylation sites (N-methyl/N-ethyl adjacent to an activating group) is 1. The number of sulfonamides is 1. The van der Waals surface area contributed by atoms with E-state index in [2.05, 4.69) is 5.32 Å². The van der Waals surface area contributed by atoms with Gasteiger partial charge in [0.2, 0.25) is 21.8 Å². The SMILES string of the molecule is Cc1cccc(CN(C(=O)CN(C)S(=O)(=O)c2ccc(Cl)cc2)[C@@H](Cc2ccccc2)C(=O)NC2CCCC2)c1. The van der Waals surface area contributed by atoms with E-state index in [4.69, 9.17) is 11.6 Å². The van der Waals surface area contributed by atoms with Gasteiger partial charge in [0.1, 0.15) is 6.04 Å². The van der Waals surface area contributed by atoms with E-state index in [-0.39, 0.29) is 23.4 Å². The summed E-state index contributed by atoms with van der Waals surface area (Å²) in [6.45, 7) is 1.72. The average Bonchev–Trinajstić information content (AvgIpc) is 3.44. The Balaban J connectivity index is 1.66. The van der Waals surface area contributed by atoms with Crippen molar-refractivity contribution in [2.24, 2.45) is 0 Å². The maximum atomic E-state index is 14.0. The van der Waals surface area contributed by atoms with Crippen molar-refractivity contribution in [2.45, 2.75) is 62.6 Å². The zero-order valence-electron chi connectivity index (χ0n) is 22.9. The number of hydrogen-bond donors (Lipinski definition) is 1. The number of benzene rings is 3. The van der Waals surface area contributed by atoms with Crippen molar-refractivity contribution in [2.75, 3.05) is 13.6 Å². The zero-order valence-corrected chi connectivity index (χ0v) is 24.5. The highest BCUT2D eigenvalue weighted by atomic mass is 35.5. The fourth-order valence-corrected chi connectivity index (χ4v) is 6.33. The molecule has 0 unspecified atom stereocenters. The molecule has 0 radical (unpaired) electrons. The summed E-state index contributed by atoms with van der Waals surface area (Å²) in [6, 6.07) is 22.4. The molecular formula is C31H36ClN3O4S. The molecule has 1 aliphatic carbocycles. The molecule has 0 heterocycles. The second-order valence-electron chi connectivity index (χ2n) is 10.4. The van der Waals surface area contributed by atoms with Crippen LogP contribution in [-0.2, 0) is 32.6 Å². The number of carbonyl (C=O) groups is 2. The first-order valence-electron chi connectivity index (χ1n) is 13.5. The molecule has 0 spiro atoms. The Hall–Kier alpha value is -3.20. The summed E-state index contributed by atoms with van der Waals surface area (Å²) in [6.07, 6.45) is 4.27. The highest BCUT2D eigenvalue weighted by Crippen LogP contribution is 2.22. The zero-order chi connectivity index (χ0) is 28.7. The van der Waals surface area contributed by atoms with Crippen molar-refractivity contribution < 1.29 is 18.0 Å². The van der Waals surface area contributed by atoms with Crippen LogP contribution in [0.15, 0.2) is 83.8 Å². The van der Waals surface area contributed by atoms with Gasteiger partial charge in [0.15, 0.2) is 0 Å². The molecule has 0 bridgehead atoms. The third kappa shape index (κ3) is 7.71. The highest BCUT2D eigenvalue weighted by Gasteiger charge is 2.34. The van der Waals surface area contributed by atoms with Crippen LogP contribution in [0.4, 0.5) is 0 Å². The first kappa shape index (κ1) is 29.8. The summed E-state index contributed by atoms with van der Waals surface area (Å²) in [4.78, 5) is 29.3. The lowest BCUT2D eigenvalue weighted by Gasteiger charge is -2.33. The molecule has 0 saturated heterocycles. The molecule has 0 aromatic heterocycles. The Bertz CT molecular complexity index is 1410. The molecule has 1 aliphatic rings. The Kier molecular flexibility index (Phi) is 10.0. The first-order chi connectivity index (χ1) is 19.1. The topological polar surface area (TPSA) is 86.8 Å². The molecule has 0 aliphatic heterocycles. The fourth-order valence-electron chi connectivity index (χ4n) is 5.08. The van der Waals surface area contributed by atoms with Gasteiger partial charge < -0.3 is 10.2 Å². The first-order valence-corrected chi connectivity index (χ1v) is 15.4. The number of carbonyl (C=O) groups excluding carboxylic acids is 2. The van der Waals surface area contributed by atoms with Crippen LogP contribution in [0.3, 0.4) is 0 Å². The standard InChI is InChI=1S/C31H36ClN3O4S/c1-23-9-8-12-25(19-23)21-35(30(36)22-34(2)40(38,39)28-17-15-26(32)16-18-28)29(20-24-10-4-3-5-11-24)31(37)33-27-13-6-7-14-27/h3-5,8-12,15-19,27,29H,6-7,13-14,20-22H2,1-2H3,(H,33,37)/t29-/m0/s1. The summed E-state index contributed by atoms with van der Waals surface area (Å²) >= 11 is 5.94. The molecule has 4 rings (SSSR count). The Labute approximate surface area is 242 Å². The highest BCUT2D eigenvalue weighted by molar-refractivity contribution is 7.89. The number of halogens is 1. The monoisotopic (exact) mass is 581 g/mol. The minimum absolute atomic E-state index is 0.0391. The quantitative estimate of drug-likeness (QED) is 0.346. The van der Waals surface area contributed by atoms with Crippen molar-refractivity contribution in [1.29, 1.82) is 0 Å². The van der Waals surface area contributed by atoms with Crippen LogP contribution in [0, 0.1) is 6.92 Å². The van der Waals surface area contributed by atoms with Crippen LogP contribution in [-0.4, -0.2) is 55.1 Å². The normalized spacial score (nSPS) is 14.7. The van der Waals surface area contributed by atoms with E-state index in [1.165, 1.54) is 36.2 Å². The van der Waals surface area contributed by atoms with Gasteiger partial charge >= 0.3 is 0 Å². The molecule has 1 fully saturated rings. The second-order valence-corrected chi connectivity index (χ2v) is 12.9. The summed E-state index contributed by atoms with van der Waals surface area (Å²) in [5, 5.41) is 3.59. The lowest BCUT2D eigenvalue weighted by Crippen LogP contribution is -2.54. The Morgan fingerprint density at radius 2 is 1.60 bits per heavy atom. The summed E-state index contributed by atoms with van der Waals surface area (Å²) in [5.74, 6) is -0.677. The van der Waals surface area contributed by atoms with Gasteiger partial charge in [0.25, 0.3) is 0 Å². The van der Waals surface area contributed by atoms with Gasteiger partial charge in [0, 0.05) is 31.1 Å². The molecule has 1 saturated carbocycles. The van der Waals surface area contributed by atoms with Crippen LogP contribution < -0.4 is 5.32 Å². The molecule has 9 heteroatoms. The number of aryl methyl sites for hydroxylation is 1. The lowest BCUT2D eigenvalue weighted by molar-refractivity contribution is -0.141. The number of nitrogens with zero attached hydrogens (tertiary/aromatic N) is 2. The molecular weight excluding hydrogens is 546 g/mol. The van der Waals surface area contributed by atoms with E-state index < -0.39 is 28.5 Å². The summed E-state index contributed by atoms with van der Waals surface area (Å²) in [7, 11) is -2.59. The fraction of sp³-hybridized carbons (Fsp3) is 0.355. The minimum atomic E-state index is -3.96. The maximum absolute atomic E-state index is 14.0. The van der Waals surface area contributed by atoms with Crippen LogP contribution in [0.25, 0.3) is 0 Å². The maximum Gasteiger partial charge on any atom is 0.243 e. The van der Waals surface area contributed by atoms with Gasteiger partial charge in [-0.15, -0.1) is 0 Å². The van der Waals surface area contributed by atoms with E-state index in [9.17, 15) is 18.0 Å². The van der Waals surface area contributed by atoms with Crippen LogP contribution in [0.5, 0.6) is 0 Å². The predicted octanol–water partition coefficient (Wildman–Crippen LogP) is 4.97. The number of nitrogens with one attached hydrogen (secondary N) is 1. The van der Waals surface area contributed by atoms with Crippen molar-refractivity contribution >= 4 is 33.4 Å². The summed E-state index contributed by atoms with van der Waals surface area (Å²) in [5.41, 5.74) is 2.81. The van der Waals surface area contributed by atoms with Gasteiger partial charge in [-0.1, -0.05) is 84.6 Å². The van der Waals surface area contributed by atoms with Crippen LogP contribution in [0.2, 0.25) is 5.02 Å². The molecule has 212 valence electrons. The Morgan fingerprint density at radius 1 is 0.950 bits per heavy atom. The largest absolute Gasteiger partial charge is 0.352 e. The van der Waals surface area contributed by atoms with Crippen molar-refractivity contribution in [1.82, 2.24) is 14.5 Å². The Morgan fingerprint density at radius 3 is 2.25 bits per heavy atom. The van der Waals surface area contributed by atoms with E-state index >= 15 is 0 Å². The number of amides is 2. The van der Waals surface area contributed by atoms with Crippen molar-refractivity contribution in [3.8, 4) is 0 Å². The van der Waals surface area contributed by atoms with Crippen LogP contribution in [0.1, 0.15) is 42.4 Å². The number of hydrogen-bond acceptors (Lipinski definition) is 4. The molecule has 3 aromatic carbocycles. The van der Waals surface area contributed by atoms with E-state index in [1.54, 1.807) is 0 Å². The summed E-state index contributed by atoms with van der Waals surface area (Å²) < 4.78 is 27.5. The predicted molar refractivity (Wildman–Crippen MR) is 157 cm³/mol. The molecule has 1 N–H and O–H groups in total. The third-order valence-corrected chi connectivity index (χ3v) is 9.36. The van der Waals surface area contributed by atoms with Gasteiger partial charge in [-0.25, -0.2) is 8.42 Å². The third-order valence-electron chi connectivity index (χ3n) is 7.29. The van der Waals surface area contributed by atoms with Crippen molar-refractivity contribution in [3.05, 3.63) is 101 Å². The van der Waals surface area contributed by atoms with Gasteiger partial charge in [-0.2, -0.15) is 4.31 Å². The number of rotatable bonds is 11. The van der Waals surface area contributed by atoms with Crippen LogP contribution >= 0.6 is 11.6 Å². The van der Waals surface area contributed by atoms with Gasteiger partial charge in [-0.05, 0) is 55.2 Å². The lowest BCUT2D eigenvalue weighted by atomic mass is 10.0. The molecule has 2 amide bonds. The molecule has 1 atom stereocenters. The van der Waals surface area contributed by atoms with E-state index in [0.717, 1.165) is 46.7 Å². The molecule has 40 heavy (non-hydrogen) atoms. The van der Waals surface area contributed by atoms with Gasteiger partial charge in [0.05, 0.1) is 11.4 Å². The average molecular weight is 582 g/mol. The molecule has 3 aromatic rings. The van der Waals surface area contributed by atoms with Crippen molar-refractivity contribution in [3.63, 3.8) is 0 Å². The smallest absolute Gasteiger partial charge is 0.243 e. The minimum Gasteiger partial charge on any atom is -0.352 e. The van der Waals surface area contributed by atoms with Gasteiger partial charge in [-0.3, -0.25) is 9.59 Å².